The molecule has 0 bridgehead atoms. The lowest BCUT2D eigenvalue weighted by Gasteiger charge is -2.31. The van der Waals surface area contributed by atoms with Crippen LogP contribution in [-0.4, -0.2) is 23.5 Å². The molecule has 98 valence electrons. The van der Waals surface area contributed by atoms with Gasteiger partial charge in [-0.2, -0.15) is 0 Å². The molecule has 1 heteroatoms. The lowest BCUT2D eigenvalue weighted by Crippen LogP contribution is -2.39. The van der Waals surface area contributed by atoms with E-state index in [-0.39, 0.29) is 5.54 Å². The molecule has 1 heterocycles. The molecule has 3 rings (SSSR count). The van der Waals surface area contributed by atoms with E-state index in [1.807, 2.05) is 0 Å². The normalized spacial score (nSPS) is 16.9. The molecule has 0 saturated heterocycles. The molecule has 0 saturated carbocycles. The maximum atomic E-state index is 2.52. The van der Waals surface area contributed by atoms with E-state index < -0.39 is 0 Å². The lowest BCUT2D eigenvalue weighted by molar-refractivity contribution is 0.185. The second kappa shape index (κ2) is 4.50. The van der Waals surface area contributed by atoms with Crippen molar-refractivity contribution in [1.82, 2.24) is 4.90 Å². The highest BCUT2D eigenvalue weighted by Crippen LogP contribution is 2.30. The van der Waals surface area contributed by atoms with Gasteiger partial charge in [0.15, 0.2) is 0 Å². The van der Waals surface area contributed by atoms with Gasteiger partial charge in [0.25, 0.3) is 0 Å². The molecule has 1 nitrogen and oxygen atoms in total. The number of fused-ring (bicyclic) bond motifs is 1. The fraction of sp³-hybridized carbons (Fsp3) is 0.333. The smallest absolute Gasteiger partial charge is 0.0245 e. The van der Waals surface area contributed by atoms with Crippen molar-refractivity contribution in [2.45, 2.75) is 26.3 Å². The predicted molar refractivity (Wildman–Crippen MR) is 83.3 cm³/mol. The molecule has 0 atom stereocenters. The van der Waals surface area contributed by atoms with Gasteiger partial charge in [0.1, 0.15) is 0 Å². The van der Waals surface area contributed by atoms with Gasteiger partial charge in [-0.1, -0.05) is 48.5 Å². The van der Waals surface area contributed by atoms with Crippen LogP contribution < -0.4 is 0 Å². The van der Waals surface area contributed by atoms with E-state index in [4.69, 9.17) is 0 Å². The largest absolute Gasteiger partial charge is 0.291 e. The van der Waals surface area contributed by atoms with Crippen molar-refractivity contribution in [3.05, 3.63) is 54.1 Å². The van der Waals surface area contributed by atoms with E-state index in [2.05, 4.69) is 74.2 Å². The summed E-state index contributed by atoms with van der Waals surface area (Å²) in [6.45, 7) is 8.96. The minimum absolute atomic E-state index is 0.239. The van der Waals surface area contributed by atoms with Crippen LogP contribution in [0.15, 0.2) is 48.5 Å². The van der Waals surface area contributed by atoms with Gasteiger partial charge in [-0.3, -0.25) is 4.90 Å². The Morgan fingerprint density at radius 1 is 0.947 bits per heavy atom. The molecule has 0 spiro atoms. The Kier molecular flexibility index (Phi) is 2.94. The standard InChI is InChI=1S/C18H21N/c1-18(2,3)19-12-11-15(13-19)17-10-6-8-14-7-4-5-9-16(14)17/h4-11H,12-13H2,1-3H3. The Hall–Kier alpha value is -1.60. The summed E-state index contributed by atoms with van der Waals surface area (Å²) in [5.41, 5.74) is 3.10. The topological polar surface area (TPSA) is 3.24 Å². The van der Waals surface area contributed by atoms with E-state index in [1.54, 1.807) is 0 Å². The zero-order chi connectivity index (χ0) is 13.5. The maximum Gasteiger partial charge on any atom is 0.0245 e. The first-order valence-electron chi connectivity index (χ1n) is 6.98. The molecule has 0 aromatic heterocycles. The molecule has 1 aliphatic rings. The predicted octanol–water partition coefficient (Wildman–Crippen LogP) is 4.34. The first-order valence-corrected chi connectivity index (χ1v) is 6.98. The average Bonchev–Trinajstić information content (AvgIpc) is 2.87. The molecule has 1 aliphatic heterocycles. The van der Waals surface area contributed by atoms with Crippen molar-refractivity contribution >= 4 is 16.3 Å². The number of rotatable bonds is 1. The van der Waals surface area contributed by atoms with Crippen molar-refractivity contribution in [3.8, 4) is 0 Å². The fourth-order valence-corrected chi connectivity index (χ4v) is 2.77. The molecule has 0 unspecified atom stereocenters. The molecule has 0 fully saturated rings. The van der Waals surface area contributed by atoms with E-state index in [0.717, 1.165) is 13.1 Å². The van der Waals surface area contributed by atoms with Crippen LogP contribution in [0.2, 0.25) is 0 Å². The SMILES string of the molecule is CC(C)(C)N1CC=C(c2cccc3ccccc23)C1. The fourth-order valence-electron chi connectivity index (χ4n) is 2.77. The highest BCUT2D eigenvalue weighted by Gasteiger charge is 2.25. The van der Waals surface area contributed by atoms with E-state index in [9.17, 15) is 0 Å². The van der Waals surface area contributed by atoms with Crippen molar-refractivity contribution < 1.29 is 0 Å². The van der Waals surface area contributed by atoms with Gasteiger partial charge >= 0.3 is 0 Å². The van der Waals surface area contributed by atoms with E-state index >= 15 is 0 Å². The molecule has 0 amide bonds. The monoisotopic (exact) mass is 251 g/mol. The Labute approximate surface area is 115 Å². The van der Waals surface area contributed by atoms with Gasteiger partial charge in [0, 0.05) is 18.6 Å². The summed E-state index contributed by atoms with van der Waals surface area (Å²) in [6, 6.07) is 15.3. The minimum Gasteiger partial charge on any atom is -0.291 e. The molecule has 0 aliphatic carbocycles. The second-order valence-corrected chi connectivity index (χ2v) is 6.31. The third-order valence-corrected chi connectivity index (χ3v) is 4.00. The Morgan fingerprint density at radius 2 is 1.68 bits per heavy atom. The lowest BCUT2D eigenvalue weighted by atomic mass is 9.98. The second-order valence-electron chi connectivity index (χ2n) is 6.31. The van der Waals surface area contributed by atoms with Gasteiger partial charge in [-0.25, -0.2) is 0 Å². The van der Waals surface area contributed by atoms with Crippen LogP contribution in [0, 0.1) is 0 Å². The quantitative estimate of drug-likeness (QED) is 0.729. The minimum atomic E-state index is 0.239. The number of benzene rings is 2. The van der Waals surface area contributed by atoms with E-state index in [0.29, 0.717) is 0 Å². The van der Waals surface area contributed by atoms with Crippen molar-refractivity contribution in [2.75, 3.05) is 13.1 Å². The van der Waals surface area contributed by atoms with Crippen molar-refractivity contribution in [1.29, 1.82) is 0 Å². The molecular weight excluding hydrogens is 230 g/mol. The summed E-state index contributed by atoms with van der Waals surface area (Å²) in [4.78, 5) is 2.52. The summed E-state index contributed by atoms with van der Waals surface area (Å²) in [5, 5.41) is 2.70. The summed E-state index contributed by atoms with van der Waals surface area (Å²) >= 11 is 0. The highest BCUT2D eigenvalue weighted by molar-refractivity contribution is 5.94. The van der Waals surface area contributed by atoms with E-state index in [1.165, 1.54) is 21.9 Å². The number of nitrogens with zero attached hydrogens (tertiary/aromatic N) is 1. The molecule has 0 radical (unpaired) electrons. The van der Waals surface area contributed by atoms with Gasteiger partial charge in [-0.05, 0) is 42.7 Å². The van der Waals surface area contributed by atoms with Crippen LogP contribution in [-0.2, 0) is 0 Å². The third kappa shape index (κ3) is 2.31. The van der Waals surface area contributed by atoms with Crippen LogP contribution in [0.5, 0.6) is 0 Å². The molecular formula is C18H21N. The van der Waals surface area contributed by atoms with Crippen LogP contribution in [0.3, 0.4) is 0 Å². The molecule has 19 heavy (non-hydrogen) atoms. The zero-order valence-corrected chi connectivity index (χ0v) is 12.0. The molecule has 2 aromatic rings. The third-order valence-electron chi connectivity index (χ3n) is 4.00. The van der Waals surface area contributed by atoms with Gasteiger partial charge < -0.3 is 0 Å². The van der Waals surface area contributed by atoms with Gasteiger partial charge in [0.2, 0.25) is 0 Å². The average molecular weight is 251 g/mol. The summed E-state index contributed by atoms with van der Waals surface area (Å²) in [5.74, 6) is 0. The number of hydrogen-bond acceptors (Lipinski definition) is 1. The van der Waals surface area contributed by atoms with Crippen LogP contribution in [0.4, 0.5) is 0 Å². The summed E-state index contributed by atoms with van der Waals surface area (Å²) < 4.78 is 0. The van der Waals surface area contributed by atoms with Gasteiger partial charge in [0.05, 0.1) is 0 Å². The van der Waals surface area contributed by atoms with Crippen molar-refractivity contribution in [2.24, 2.45) is 0 Å². The summed E-state index contributed by atoms with van der Waals surface area (Å²) in [6.07, 6.45) is 2.38. The van der Waals surface area contributed by atoms with Crippen LogP contribution >= 0.6 is 0 Å². The molecule has 2 aromatic carbocycles. The molecule has 0 N–H and O–H groups in total. The van der Waals surface area contributed by atoms with Crippen LogP contribution in [0.1, 0.15) is 26.3 Å². The zero-order valence-electron chi connectivity index (χ0n) is 12.0. The number of hydrogen-bond donors (Lipinski definition) is 0. The first-order chi connectivity index (χ1) is 9.05. The Morgan fingerprint density at radius 3 is 2.42 bits per heavy atom. The maximum absolute atomic E-state index is 2.52. The summed E-state index contributed by atoms with van der Waals surface area (Å²) in [7, 11) is 0. The van der Waals surface area contributed by atoms with Crippen molar-refractivity contribution in [3.63, 3.8) is 0 Å². The Balaban J connectivity index is 1.99. The Bertz CT molecular complexity index is 626. The first kappa shape index (κ1) is 12.4. The van der Waals surface area contributed by atoms with Gasteiger partial charge in [-0.15, -0.1) is 0 Å². The van der Waals surface area contributed by atoms with Crippen LogP contribution in [0.25, 0.3) is 16.3 Å². The highest BCUT2D eigenvalue weighted by atomic mass is 15.2.